The monoisotopic (exact) mass is 339 g/mol. The van der Waals surface area contributed by atoms with Crippen molar-refractivity contribution in [2.24, 2.45) is 5.84 Å². The van der Waals surface area contributed by atoms with Crippen LogP contribution < -0.4 is 11.3 Å². The van der Waals surface area contributed by atoms with Crippen LogP contribution in [0.25, 0.3) is 0 Å². The van der Waals surface area contributed by atoms with Gasteiger partial charge in [-0.2, -0.15) is 13.2 Å². The lowest BCUT2D eigenvalue weighted by Crippen LogP contribution is -2.31. The Kier molecular flexibility index (Phi) is 8.55. The van der Waals surface area contributed by atoms with Gasteiger partial charge in [-0.1, -0.05) is 6.42 Å². The average Bonchev–Trinajstić information content (AvgIpc) is 2.77. The van der Waals surface area contributed by atoms with Crippen LogP contribution in [-0.4, -0.2) is 46.4 Å². The van der Waals surface area contributed by atoms with E-state index in [2.05, 4.69) is 0 Å². The van der Waals surface area contributed by atoms with E-state index >= 15 is 0 Å². The van der Waals surface area contributed by atoms with Crippen molar-refractivity contribution in [2.45, 2.75) is 31.9 Å². The van der Waals surface area contributed by atoms with Crippen molar-refractivity contribution in [3.8, 4) is 0 Å². The molecule has 1 aliphatic heterocycles. The lowest BCUT2D eigenvalue weighted by atomic mass is 10.2. The Hall–Kier alpha value is -2.43. The number of hydrogen-bond acceptors (Lipinski definition) is 5. The number of alkyl halides is 3. The zero-order valence-electron chi connectivity index (χ0n) is 11.9. The quantitative estimate of drug-likeness (QED) is 0.207. The first-order chi connectivity index (χ1) is 10.6. The largest absolute Gasteiger partial charge is 0.490 e. The van der Waals surface area contributed by atoms with Gasteiger partial charge in [0.25, 0.3) is 11.8 Å². The molecule has 4 N–H and O–H groups in total. The number of aliphatic carboxylic acids is 1. The number of hydrazine groups is 1. The molecule has 1 heterocycles. The topological polar surface area (TPSA) is 130 Å². The van der Waals surface area contributed by atoms with Crippen LogP contribution in [0, 0.1) is 0 Å². The molecule has 0 aromatic rings. The van der Waals surface area contributed by atoms with Crippen LogP contribution in [0.15, 0.2) is 12.2 Å². The Labute approximate surface area is 129 Å². The minimum Gasteiger partial charge on any atom is -0.475 e. The minimum absolute atomic E-state index is 0.199. The summed E-state index contributed by atoms with van der Waals surface area (Å²) in [5.41, 5.74) is 2.04. The second kappa shape index (κ2) is 9.56. The number of nitrogens with two attached hydrogens (primary N) is 1. The smallest absolute Gasteiger partial charge is 0.475 e. The number of amides is 3. The fourth-order valence-corrected chi connectivity index (χ4v) is 1.46. The minimum atomic E-state index is -5.08. The molecule has 1 aliphatic rings. The standard InChI is InChI=1S/C10H15N3O3.C2HF3O2/c11-12-8(14)4-2-1-3-7-13-9(15)5-6-10(13)16;3-2(4,5)1(6)7/h5-6H,1-4,7,11H2,(H,12,14);(H,6,7). The maximum absolute atomic E-state index is 11.1. The van der Waals surface area contributed by atoms with Crippen molar-refractivity contribution in [3.05, 3.63) is 12.2 Å². The van der Waals surface area contributed by atoms with E-state index in [0.717, 1.165) is 6.42 Å². The van der Waals surface area contributed by atoms with Gasteiger partial charge in [0.1, 0.15) is 0 Å². The first-order valence-corrected chi connectivity index (χ1v) is 6.42. The second-order valence-electron chi connectivity index (χ2n) is 4.34. The van der Waals surface area contributed by atoms with Crippen molar-refractivity contribution in [1.29, 1.82) is 0 Å². The molecule has 0 aliphatic carbocycles. The van der Waals surface area contributed by atoms with Gasteiger partial charge < -0.3 is 5.11 Å². The van der Waals surface area contributed by atoms with E-state index in [4.69, 9.17) is 15.7 Å². The molecule has 1 rings (SSSR count). The highest BCUT2D eigenvalue weighted by atomic mass is 19.4. The Balaban J connectivity index is 0.000000585. The molecule has 0 bridgehead atoms. The van der Waals surface area contributed by atoms with Crippen LogP contribution in [-0.2, 0) is 19.2 Å². The maximum Gasteiger partial charge on any atom is 0.490 e. The van der Waals surface area contributed by atoms with Gasteiger partial charge in [0, 0.05) is 25.1 Å². The van der Waals surface area contributed by atoms with Gasteiger partial charge in [0.15, 0.2) is 0 Å². The van der Waals surface area contributed by atoms with Gasteiger partial charge >= 0.3 is 12.1 Å². The van der Waals surface area contributed by atoms with Gasteiger partial charge in [-0.05, 0) is 12.8 Å². The predicted octanol–water partition coefficient (Wildman–Crippen LogP) is 0.0950. The highest BCUT2D eigenvalue weighted by Crippen LogP contribution is 2.13. The molecule has 3 amide bonds. The summed E-state index contributed by atoms with van der Waals surface area (Å²) in [5, 5.41) is 7.12. The first-order valence-electron chi connectivity index (χ1n) is 6.42. The molecule has 23 heavy (non-hydrogen) atoms. The van der Waals surface area contributed by atoms with Crippen molar-refractivity contribution >= 4 is 23.7 Å². The number of halogens is 3. The van der Waals surface area contributed by atoms with Gasteiger partial charge in [0.05, 0.1) is 0 Å². The van der Waals surface area contributed by atoms with E-state index in [1.165, 1.54) is 17.1 Å². The summed E-state index contributed by atoms with van der Waals surface area (Å²) >= 11 is 0. The van der Waals surface area contributed by atoms with Gasteiger partial charge in [0.2, 0.25) is 5.91 Å². The lowest BCUT2D eigenvalue weighted by Gasteiger charge is -2.12. The Morgan fingerprint density at radius 1 is 1.13 bits per heavy atom. The molecule has 0 aromatic carbocycles. The molecule has 0 saturated carbocycles. The molecule has 0 fully saturated rings. The summed E-state index contributed by atoms with van der Waals surface area (Å²) in [6.45, 7) is 0.412. The van der Waals surface area contributed by atoms with Crippen LogP contribution >= 0.6 is 0 Å². The predicted molar refractivity (Wildman–Crippen MR) is 70.3 cm³/mol. The molecule has 0 atom stereocenters. The van der Waals surface area contributed by atoms with E-state index in [9.17, 15) is 27.6 Å². The molecular weight excluding hydrogens is 323 g/mol. The molecule has 0 saturated heterocycles. The van der Waals surface area contributed by atoms with Crippen LogP contribution in [0.3, 0.4) is 0 Å². The number of carboxylic acid groups (broad SMARTS) is 1. The molecule has 0 unspecified atom stereocenters. The van der Waals surface area contributed by atoms with E-state index in [1.807, 2.05) is 5.43 Å². The van der Waals surface area contributed by atoms with Crippen LogP contribution in [0.1, 0.15) is 25.7 Å². The average molecular weight is 339 g/mol. The number of rotatable bonds is 6. The van der Waals surface area contributed by atoms with E-state index in [1.54, 1.807) is 0 Å². The summed E-state index contributed by atoms with van der Waals surface area (Å²) in [6.07, 6.45) is 0.0131. The van der Waals surface area contributed by atoms with Crippen molar-refractivity contribution < 1.29 is 37.5 Å². The molecule has 8 nitrogen and oxygen atoms in total. The molecule has 11 heteroatoms. The summed E-state index contributed by atoms with van der Waals surface area (Å²) < 4.78 is 31.7. The molecular formula is C12H16F3N3O5. The lowest BCUT2D eigenvalue weighted by molar-refractivity contribution is -0.192. The Morgan fingerprint density at radius 2 is 1.61 bits per heavy atom. The van der Waals surface area contributed by atoms with Crippen LogP contribution in [0.2, 0.25) is 0 Å². The molecule has 0 spiro atoms. The number of imide groups is 1. The molecule has 0 aromatic heterocycles. The van der Waals surface area contributed by atoms with Crippen molar-refractivity contribution in [1.82, 2.24) is 10.3 Å². The third-order valence-corrected chi connectivity index (χ3v) is 2.59. The molecule has 0 radical (unpaired) electrons. The molecule has 130 valence electrons. The first kappa shape index (κ1) is 20.6. The third kappa shape index (κ3) is 8.56. The van der Waals surface area contributed by atoms with Crippen molar-refractivity contribution in [3.63, 3.8) is 0 Å². The number of carbonyl (C=O) groups is 4. The number of nitrogens with one attached hydrogen (secondary N) is 1. The van der Waals surface area contributed by atoms with Crippen LogP contribution in [0.5, 0.6) is 0 Å². The fraction of sp³-hybridized carbons (Fsp3) is 0.500. The number of unbranched alkanes of at least 4 members (excludes halogenated alkanes) is 2. The summed E-state index contributed by atoms with van der Waals surface area (Å²) in [5.74, 6) is 1.44. The second-order valence-corrected chi connectivity index (χ2v) is 4.34. The highest BCUT2D eigenvalue weighted by molar-refractivity contribution is 6.12. The zero-order chi connectivity index (χ0) is 18.0. The van der Waals surface area contributed by atoms with Gasteiger partial charge in [-0.25, -0.2) is 10.6 Å². The number of carboxylic acids is 1. The van der Waals surface area contributed by atoms with E-state index in [-0.39, 0.29) is 17.7 Å². The van der Waals surface area contributed by atoms with Crippen molar-refractivity contribution in [2.75, 3.05) is 6.54 Å². The Morgan fingerprint density at radius 3 is 2.00 bits per heavy atom. The number of hydrogen-bond donors (Lipinski definition) is 3. The van der Waals surface area contributed by atoms with Gasteiger partial charge in [-0.3, -0.25) is 24.7 Å². The number of nitrogens with zero attached hydrogens (tertiary/aromatic N) is 1. The fourth-order valence-electron chi connectivity index (χ4n) is 1.46. The SMILES string of the molecule is NNC(=O)CCCCCN1C(=O)C=CC1=O.O=C(O)C(F)(F)F. The number of carbonyl (C=O) groups excluding carboxylic acids is 3. The summed E-state index contributed by atoms with van der Waals surface area (Å²) in [4.78, 5) is 43.1. The Bertz CT molecular complexity index is 473. The summed E-state index contributed by atoms with van der Waals surface area (Å²) in [6, 6.07) is 0. The normalized spacial score (nSPS) is 13.7. The summed E-state index contributed by atoms with van der Waals surface area (Å²) in [7, 11) is 0. The van der Waals surface area contributed by atoms with E-state index in [0.29, 0.717) is 25.8 Å². The van der Waals surface area contributed by atoms with Gasteiger partial charge in [-0.15, -0.1) is 0 Å². The maximum atomic E-state index is 11.1. The third-order valence-electron chi connectivity index (χ3n) is 2.59. The zero-order valence-corrected chi connectivity index (χ0v) is 11.9. The van der Waals surface area contributed by atoms with E-state index < -0.39 is 12.1 Å². The highest BCUT2D eigenvalue weighted by Gasteiger charge is 2.38. The van der Waals surface area contributed by atoms with Crippen LogP contribution in [0.4, 0.5) is 13.2 Å².